The predicted molar refractivity (Wildman–Crippen MR) is 153 cm³/mol. The molecule has 2 fully saturated rings. The van der Waals surface area contributed by atoms with Gasteiger partial charge in [-0.2, -0.15) is 13.2 Å². The molecule has 1 saturated heterocycles. The first-order chi connectivity index (χ1) is 19.1. The fourth-order valence-electron chi connectivity index (χ4n) is 7.84. The number of alkyl halides is 3. The van der Waals surface area contributed by atoms with E-state index in [9.17, 15) is 18.0 Å². The van der Waals surface area contributed by atoms with Crippen molar-refractivity contribution in [2.24, 2.45) is 23.2 Å². The summed E-state index contributed by atoms with van der Waals surface area (Å²) in [6.07, 6.45) is 14.3. The van der Waals surface area contributed by atoms with E-state index in [0.29, 0.717) is 35.3 Å². The summed E-state index contributed by atoms with van der Waals surface area (Å²) in [5, 5.41) is 2.62. The zero-order chi connectivity index (χ0) is 28.1. The number of halogens is 3. The molecule has 1 N–H and O–H groups in total. The number of fused-ring (bicyclic) bond motifs is 2. The minimum absolute atomic E-state index is 0.136. The molecule has 1 saturated carbocycles. The van der Waals surface area contributed by atoms with Crippen molar-refractivity contribution in [1.82, 2.24) is 4.90 Å². The van der Waals surface area contributed by atoms with Gasteiger partial charge in [-0.25, -0.2) is 0 Å². The molecule has 40 heavy (non-hydrogen) atoms. The zero-order valence-electron chi connectivity index (χ0n) is 23.1. The molecule has 1 amide bonds. The van der Waals surface area contributed by atoms with Crippen molar-refractivity contribution in [3.05, 3.63) is 101 Å². The van der Waals surface area contributed by atoms with Gasteiger partial charge in [-0.05, 0) is 98.4 Å². The molecule has 1 aliphatic heterocycles. The number of hydrogen-bond acceptors (Lipinski definition) is 2. The van der Waals surface area contributed by atoms with Gasteiger partial charge < -0.3 is 10.2 Å². The van der Waals surface area contributed by atoms with E-state index < -0.39 is 17.6 Å². The second kappa shape index (κ2) is 10.4. The molecule has 3 aliphatic carbocycles. The number of hydrogen-bond donors (Lipinski definition) is 1. The monoisotopic (exact) mass is 546 g/mol. The number of aryl methyl sites for hydroxylation is 1. The van der Waals surface area contributed by atoms with Crippen molar-refractivity contribution >= 4 is 11.6 Å². The van der Waals surface area contributed by atoms with Crippen LogP contribution in [0, 0.1) is 30.1 Å². The summed E-state index contributed by atoms with van der Waals surface area (Å²) in [5.74, 6) is 1.81. The summed E-state index contributed by atoms with van der Waals surface area (Å²) in [5.41, 5.74) is 2.43. The first-order valence-electron chi connectivity index (χ1n) is 14.5. The molecule has 2 aromatic rings. The SMILES string of the molecule is Cc1cc(C(=O)Nc2cccc(C(F)(F)F)c2)ccc1C1CCC(N2CCC3(C=CC4C=CC=CC43)[C@@H](C)C2)C1. The van der Waals surface area contributed by atoms with Crippen LogP contribution in [-0.4, -0.2) is 29.9 Å². The Labute approximate surface area is 234 Å². The molecule has 1 spiro atoms. The Bertz CT molecular complexity index is 1380. The maximum atomic E-state index is 13.0. The highest BCUT2D eigenvalue weighted by Gasteiger charge is 2.49. The average Bonchev–Trinajstić information content (AvgIpc) is 3.56. The number of allylic oxidation sites excluding steroid dienone is 6. The predicted octanol–water partition coefficient (Wildman–Crippen LogP) is 8.16. The van der Waals surface area contributed by atoms with Gasteiger partial charge in [-0.15, -0.1) is 0 Å². The number of nitrogens with zero attached hydrogens (tertiary/aromatic N) is 1. The van der Waals surface area contributed by atoms with Crippen LogP contribution in [0.4, 0.5) is 18.9 Å². The summed E-state index contributed by atoms with van der Waals surface area (Å²) in [6, 6.07) is 11.0. The normalized spacial score (nSPS) is 31.6. The average molecular weight is 547 g/mol. The Kier molecular flexibility index (Phi) is 7.02. The molecule has 4 aliphatic rings. The Hall–Kier alpha value is -3.12. The van der Waals surface area contributed by atoms with Crippen molar-refractivity contribution in [2.75, 3.05) is 18.4 Å². The van der Waals surface area contributed by atoms with Gasteiger partial charge in [0, 0.05) is 35.2 Å². The van der Waals surface area contributed by atoms with Crippen LogP contribution in [0.15, 0.2) is 78.9 Å². The lowest BCUT2D eigenvalue weighted by molar-refractivity contribution is -0.137. The minimum Gasteiger partial charge on any atom is -0.322 e. The van der Waals surface area contributed by atoms with Crippen molar-refractivity contribution < 1.29 is 18.0 Å². The third-order valence-electron chi connectivity index (χ3n) is 10.0. The fourth-order valence-corrected chi connectivity index (χ4v) is 7.84. The van der Waals surface area contributed by atoms with Gasteiger partial charge in [0.25, 0.3) is 5.91 Å². The van der Waals surface area contributed by atoms with Gasteiger partial charge in [-0.1, -0.05) is 55.5 Å². The van der Waals surface area contributed by atoms with E-state index in [1.54, 1.807) is 6.07 Å². The number of nitrogens with one attached hydrogen (secondary N) is 1. The minimum atomic E-state index is -4.45. The molecule has 210 valence electrons. The second-order valence-corrected chi connectivity index (χ2v) is 12.3. The molecule has 3 nitrogen and oxygen atoms in total. The van der Waals surface area contributed by atoms with Crippen LogP contribution in [0.25, 0.3) is 0 Å². The van der Waals surface area contributed by atoms with Crippen LogP contribution in [0.5, 0.6) is 0 Å². The van der Waals surface area contributed by atoms with Crippen LogP contribution >= 0.6 is 0 Å². The molecule has 2 aromatic carbocycles. The Morgan fingerprint density at radius 3 is 2.65 bits per heavy atom. The Balaban J connectivity index is 1.08. The molecule has 0 bridgehead atoms. The van der Waals surface area contributed by atoms with Crippen LogP contribution in [0.2, 0.25) is 0 Å². The second-order valence-electron chi connectivity index (χ2n) is 12.3. The first-order valence-corrected chi connectivity index (χ1v) is 14.5. The van der Waals surface area contributed by atoms with E-state index in [-0.39, 0.29) is 11.1 Å². The van der Waals surface area contributed by atoms with Crippen molar-refractivity contribution in [1.29, 1.82) is 0 Å². The highest BCUT2D eigenvalue weighted by atomic mass is 19.4. The number of carbonyl (C=O) groups excluding carboxylic acids is 1. The lowest BCUT2D eigenvalue weighted by Crippen LogP contribution is -2.51. The van der Waals surface area contributed by atoms with Gasteiger partial charge in [0.1, 0.15) is 0 Å². The molecule has 6 heteroatoms. The third kappa shape index (κ3) is 4.96. The number of anilines is 1. The molecule has 0 aromatic heterocycles. The summed E-state index contributed by atoms with van der Waals surface area (Å²) in [6.45, 7) is 6.74. The maximum absolute atomic E-state index is 13.0. The molecule has 6 atom stereocenters. The van der Waals surface area contributed by atoms with E-state index in [0.717, 1.165) is 43.6 Å². The van der Waals surface area contributed by atoms with Crippen LogP contribution < -0.4 is 5.32 Å². The lowest BCUT2D eigenvalue weighted by atomic mass is 9.62. The maximum Gasteiger partial charge on any atom is 0.416 e. The topological polar surface area (TPSA) is 32.3 Å². The Morgan fingerprint density at radius 2 is 1.88 bits per heavy atom. The van der Waals surface area contributed by atoms with Gasteiger partial charge >= 0.3 is 6.18 Å². The number of likely N-dealkylation sites (tertiary alicyclic amines) is 1. The van der Waals surface area contributed by atoms with Gasteiger partial charge in [-0.3, -0.25) is 4.79 Å². The van der Waals surface area contributed by atoms with E-state index in [1.807, 2.05) is 19.1 Å². The van der Waals surface area contributed by atoms with Crippen LogP contribution in [0.1, 0.15) is 65.6 Å². The standard InChI is InChI=1S/C34H37F3N2O/c1-22-18-26(32(40)38-28-8-5-7-27(20-28)34(35,36)37)11-13-30(22)25-10-12-29(19-25)39-17-16-33(23(2)21-39)15-14-24-6-3-4-9-31(24)33/h3-9,11,13-15,18,20,23-25,29,31H,10,12,16-17,19,21H2,1-2H3,(H,38,40)/t23-,24?,25?,29?,31?,33?/m0/s1. The largest absolute Gasteiger partial charge is 0.416 e. The number of piperidine rings is 1. The fraction of sp³-hybridized carbons (Fsp3) is 0.441. The quantitative estimate of drug-likeness (QED) is 0.393. The first kappa shape index (κ1) is 27.1. The van der Waals surface area contributed by atoms with Crippen molar-refractivity contribution in [3.63, 3.8) is 0 Å². The highest BCUT2D eigenvalue weighted by Crippen LogP contribution is 2.54. The molecular weight excluding hydrogens is 509 g/mol. The molecule has 5 unspecified atom stereocenters. The zero-order valence-corrected chi connectivity index (χ0v) is 23.1. The van der Waals surface area contributed by atoms with Crippen molar-refractivity contribution in [3.8, 4) is 0 Å². The molecule has 6 rings (SSSR count). The van der Waals surface area contributed by atoms with Gasteiger partial charge in [0.2, 0.25) is 0 Å². The summed E-state index contributed by atoms with van der Waals surface area (Å²) >= 11 is 0. The summed E-state index contributed by atoms with van der Waals surface area (Å²) < 4.78 is 39.1. The number of benzene rings is 2. The molecular formula is C34H37F3N2O. The summed E-state index contributed by atoms with van der Waals surface area (Å²) in [4.78, 5) is 15.6. The molecule has 1 heterocycles. The molecule has 0 radical (unpaired) electrons. The van der Waals surface area contributed by atoms with E-state index in [4.69, 9.17) is 0 Å². The smallest absolute Gasteiger partial charge is 0.322 e. The Morgan fingerprint density at radius 1 is 1.05 bits per heavy atom. The number of rotatable bonds is 4. The van der Waals surface area contributed by atoms with Crippen molar-refractivity contribution in [2.45, 2.75) is 57.7 Å². The van der Waals surface area contributed by atoms with E-state index >= 15 is 0 Å². The third-order valence-corrected chi connectivity index (χ3v) is 10.0. The number of carbonyl (C=O) groups is 1. The van der Waals surface area contributed by atoms with Gasteiger partial charge in [0.15, 0.2) is 0 Å². The lowest BCUT2D eigenvalue weighted by Gasteiger charge is -2.49. The summed E-state index contributed by atoms with van der Waals surface area (Å²) in [7, 11) is 0. The van der Waals surface area contributed by atoms with Crippen LogP contribution in [0.3, 0.4) is 0 Å². The van der Waals surface area contributed by atoms with E-state index in [2.05, 4.69) is 53.6 Å². The number of amides is 1. The van der Waals surface area contributed by atoms with Gasteiger partial charge in [0.05, 0.1) is 5.56 Å². The van der Waals surface area contributed by atoms with E-state index in [1.165, 1.54) is 30.5 Å². The van der Waals surface area contributed by atoms with Crippen LogP contribution in [-0.2, 0) is 6.18 Å². The highest BCUT2D eigenvalue weighted by molar-refractivity contribution is 6.04.